The van der Waals surface area contributed by atoms with Crippen molar-refractivity contribution in [2.24, 2.45) is 0 Å². The van der Waals surface area contributed by atoms with Crippen LogP contribution >= 0.6 is 0 Å². The van der Waals surface area contributed by atoms with E-state index in [9.17, 15) is 9.59 Å². The molecule has 6 heteroatoms. The van der Waals surface area contributed by atoms with Gasteiger partial charge in [-0.15, -0.1) is 0 Å². The summed E-state index contributed by atoms with van der Waals surface area (Å²) in [4.78, 5) is 24.0. The van der Waals surface area contributed by atoms with Gasteiger partial charge >= 0.3 is 5.97 Å². The Kier molecular flexibility index (Phi) is 6.45. The Hall–Kier alpha value is -3.12. The number of carboxylic acids is 1. The van der Waals surface area contributed by atoms with E-state index in [4.69, 9.17) is 14.3 Å². The van der Waals surface area contributed by atoms with Gasteiger partial charge in [-0.3, -0.25) is 9.59 Å². The highest BCUT2D eigenvalue weighted by Gasteiger charge is 2.23. The van der Waals surface area contributed by atoms with Gasteiger partial charge in [0.1, 0.15) is 5.58 Å². The van der Waals surface area contributed by atoms with E-state index in [0.29, 0.717) is 24.0 Å². The van der Waals surface area contributed by atoms with Gasteiger partial charge in [-0.05, 0) is 24.5 Å². The molecule has 28 heavy (non-hydrogen) atoms. The number of carbonyl (C=O) groups excluding carboxylic acids is 1. The highest BCUT2D eigenvalue weighted by atomic mass is 16.5. The Morgan fingerprint density at radius 1 is 1.11 bits per heavy atom. The number of fused-ring (bicyclic) bond motifs is 1. The van der Waals surface area contributed by atoms with Crippen LogP contribution < -0.4 is 5.32 Å². The third-order valence-corrected chi connectivity index (χ3v) is 4.56. The lowest BCUT2D eigenvalue weighted by atomic mass is 10.0. The van der Waals surface area contributed by atoms with Crippen LogP contribution in [0.3, 0.4) is 0 Å². The minimum absolute atomic E-state index is 0.0250. The second-order valence-corrected chi connectivity index (χ2v) is 6.63. The molecular weight excluding hydrogens is 358 g/mol. The molecule has 0 bridgehead atoms. The number of furan rings is 1. The quantitative estimate of drug-likeness (QED) is 0.589. The summed E-state index contributed by atoms with van der Waals surface area (Å²) in [6.45, 7) is 0.248. The smallest absolute Gasteiger partial charge is 0.303 e. The van der Waals surface area contributed by atoms with Crippen LogP contribution in [0.2, 0.25) is 0 Å². The van der Waals surface area contributed by atoms with Crippen molar-refractivity contribution in [3.8, 4) is 0 Å². The normalized spacial score (nSPS) is 12.0. The predicted octanol–water partition coefficient (Wildman–Crippen LogP) is 3.79. The van der Waals surface area contributed by atoms with Gasteiger partial charge in [0, 0.05) is 30.5 Å². The maximum Gasteiger partial charge on any atom is 0.303 e. The van der Waals surface area contributed by atoms with Crippen molar-refractivity contribution in [1.82, 2.24) is 5.32 Å². The van der Waals surface area contributed by atoms with Crippen molar-refractivity contribution in [3.63, 3.8) is 0 Å². The number of rotatable bonds is 9. The zero-order valence-corrected chi connectivity index (χ0v) is 15.7. The van der Waals surface area contributed by atoms with E-state index in [0.717, 1.165) is 10.9 Å². The molecule has 1 aromatic heterocycles. The number of nitrogens with one attached hydrogen (secondary N) is 1. The first kappa shape index (κ1) is 19.6. The lowest BCUT2D eigenvalue weighted by molar-refractivity contribution is -0.137. The summed E-state index contributed by atoms with van der Waals surface area (Å²) in [7, 11) is 1.56. The van der Waals surface area contributed by atoms with E-state index in [2.05, 4.69) is 5.32 Å². The Balaban J connectivity index is 1.83. The second kappa shape index (κ2) is 9.19. The van der Waals surface area contributed by atoms with Crippen LogP contribution in [0.4, 0.5) is 0 Å². The molecule has 3 rings (SSSR count). The fourth-order valence-electron chi connectivity index (χ4n) is 3.24. The largest absolute Gasteiger partial charge is 0.481 e. The number of methoxy groups -OCH3 is 1. The molecule has 0 saturated heterocycles. The summed E-state index contributed by atoms with van der Waals surface area (Å²) in [6.07, 6.45) is 0.846. The number of ether oxygens (including phenoxy) is 1. The van der Waals surface area contributed by atoms with Crippen molar-refractivity contribution >= 4 is 22.8 Å². The fourth-order valence-corrected chi connectivity index (χ4v) is 3.24. The van der Waals surface area contributed by atoms with Crippen LogP contribution in [0.5, 0.6) is 0 Å². The van der Waals surface area contributed by atoms with Gasteiger partial charge < -0.3 is 19.6 Å². The van der Waals surface area contributed by atoms with Crippen LogP contribution in [0.25, 0.3) is 11.0 Å². The standard InChI is InChI=1S/C22H23NO5/c1-27-14-18-17-9-5-6-10-19(17)28-21(18)22(26)23-16(11-12-20(24)25)13-15-7-3-2-4-8-15/h2-10,16H,11-14H2,1H3,(H,23,26)(H,24,25). The van der Waals surface area contributed by atoms with Gasteiger partial charge in [-0.2, -0.15) is 0 Å². The van der Waals surface area contributed by atoms with E-state index < -0.39 is 5.97 Å². The summed E-state index contributed by atoms with van der Waals surface area (Å²) in [6, 6.07) is 16.7. The fraction of sp³-hybridized carbons (Fsp3) is 0.273. The minimum atomic E-state index is -0.892. The van der Waals surface area contributed by atoms with Crippen molar-refractivity contribution in [3.05, 3.63) is 71.5 Å². The Morgan fingerprint density at radius 2 is 1.82 bits per heavy atom. The number of amides is 1. The monoisotopic (exact) mass is 381 g/mol. The van der Waals surface area contributed by atoms with Gasteiger partial charge in [0.25, 0.3) is 5.91 Å². The minimum Gasteiger partial charge on any atom is -0.481 e. The molecule has 2 N–H and O–H groups in total. The molecule has 1 heterocycles. The summed E-state index contributed by atoms with van der Waals surface area (Å²) in [5.41, 5.74) is 2.33. The van der Waals surface area contributed by atoms with Gasteiger partial charge in [-0.1, -0.05) is 48.5 Å². The molecule has 0 aliphatic rings. The zero-order chi connectivity index (χ0) is 19.9. The first-order valence-electron chi connectivity index (χ1n) is 9.14. The molecule has 0 spiro atoms. The molecule has 0 radical (unpaired) electrons. The first-order chi connectivity index (χ1) is 13.6. The lowest BCUT2D eigenvalue weighted by Gasteiger charge is -2.18. The van der Waals surface area contributed by atoms with Gasteiger partial charge in [0.2, 0.25) is 0 Å². The van der Waals surface area contributed by atoms with E-state index in [-0.39, 0.29) is 30.7 Å². The molecule has 2 aromatic carbocycles. The molecule has 1 atom stereocenters. The molecule has 3 aromatic rings. The van der Waals surface area contributed by atoms with Crippen LogP contribution in [-0.4, -0.2) is 30.1 Å². The Morgan fingerprint density at radius 3 is 2.54 bits per heavy atom. The average molecular weight is 381 g/mol. The second-order valence-electron chi connectivity index (χ2n) is 6.63. The zero-order valence-electron chi connectivity index (χ0n) is 15.7. The number of carboxylic acid groups (broad SMARTS) is 1. The summed E-state index contributed by atoms with van der Waals surface area (Å²) >= 11 is 0. The Bertz CT molecular complexity index is 948. The molecule has 1 unspecified atom stereocenters. The van der Waals surface area contributed by atoms with E-state index in [1.165, 1.54) is 0 Å². The number of benzene rings is 2. The molecular formula is C22H23NO5. The maximum atomic E-state index is 12.9. The maximum absolute atomic E-state index is 12.9. The van der Waals surface area contributed by atoms with E-state index in [1.807, 2.05) is 48.5 Å². The topological polar surface area (TPSA) is 88.8 Å². The number of hydrogen-bond donors (Lipinski definition) is 2. The number of para-hydroxylation sites is 1. The molecule has 0 saturated carbocycles. The molecule has 1 amide bonds. The van der Waals surface area contributed by atoms with Crippen LogP contribution in [-0.2, 0) is 22.6 Å². The van der Waals surface area contributed by atoms with Crippen LogP contribution in [0.15, 0.2) is 59.0 Å². The third kappa shape index (κ3) is 4.78. The van der Waals surface area contributed by atoms with Gasteiger partial charge in [0.05, 0.1) is 6.61 Å². The van der Waals surface area contributed by atoms with Crippen molar-refractivity contribution in [2.45, 2.75) is 31.9 Å². The summed E-state index contributed by atoms with van der Waals surface area (Å²) in [5.74, 6) is -1.05. The van der Waals surface area contributed by atoms with Crippen molar-refractivity contribution < 1.29 is 23.8 Å². The van der Waals surface area contributed by atoms with Gasteiger partial charge in [0.15, 0.2) is 5.76 Å². The van der Waals surface area contributed by atoms with Crippen LogP contribution in [0.1, 0.15) is 34.5 Å². The third-order valence-electron chi connectivity index (χ3n) is 4.56. The molecule has 0 aliphatic carbocycles. The van der Waals surface area contributed by atoms with Gasteiger partial charge in [-0.25, -0.2) is 0 Å². The molecule has 0 aliphatic heterocycles. The summed E-state index contributed by atoms with van der Waals surface area (Å²) < 4.78 is 11.0. The average Bonchev–Trinajstić information content (AvgIpc) is 3.06. The van der Waals surface area contributed by atoms with Crippen LogP contribution in [0, 0.1) is 0 Å². The van der Waals surface area contributed by atoms with Crippen molar-refractivity contribution in [1.29, 1.82) is 0 Å². The molecule has 0 fully saturated rings. The highest BCUT2D eigenvalue weighted by Crippen LogP contribution is 2.26. The highest BCUT2D eigenvalue weighted by molar-refractivity contribution is 5.99. The predicted molar refractivity (Wildman–Crippen MR) is 105 cm³/mol. The SMILES string of the molecule is COCc1c(C(=O)NC(CCC(=O)O)Cc2ccccc2)oc2ccccc12. The van der Waals surface area contributed by atoms with Crippen molar-refractivity contribution in [2.75, 3.05) is 7.11 Å². The van der Waals surface area contributed by atoms with E-state index in [1.54, 1.807) is 13.2 Å². The van der Waals surface area contributed by atoms with E-state index >= 15 is 0 Å². The number of carbonyl (C=O) groups is 2. The Labute approximate surface area is 163 Å². The lowest BCUT2D eigenvalue weighted by Crippen LogP contribution is -2.37. The first-order valence-corrected chi connectivity index (χ1v) is 9.14. The molecule has 6 nitrogen and oxygen atoms in total. The summed E-state index contributed by atoms with van der Waals surface area (Å²) in [5, 5.41) is 12.8. The number of hydrogen-bond acceptors (Lipinski definition) is 4. The number of aliphatic carboxylic acids is 1. The molecule has 146 valence electrons.